The van der Waals surface area contributed by atoms with Crippen LogP contribution in [0.15, 0.2) is 12.3 Å². The number of hydrogen-bond donors (Lipinski definition) is 2. The van der Waals surface area contributed by atoms with E-state index < -0.39 is 0 Å². The van der Waals surface area contributed by atoms with Crippen molar-refractivity contribution >= 4 is 12.2 Å². The maximum atomic E-state index is 5.99. The van der Waals surface area contributed by atoms with Crippen LogP contribution in [0.4, 0.5) is 0 Å². The normalized spacial score (nSPS) is 27.8. The minimum absolute atomic E-state index is 0.285. The first kappa shape index (κ1) is 8.84. The summed E-state index contributed by atoms with van der Waals surface area (Å²) in [5, 5.41) is 0. The van der Waals surface area contributed by atoms with Crippen LogP contribution in [0, 0.1) is 4.77 Å². The number of rotatable bonds is 1. The Labute approximate surface area is 82.4 Å². The first-order valence-electron chi connectivity index (χ1n) is 4.58. The zero-order chi connectivity index (χ0) is 9.26. The highest BCUT2D eigenvalue weighted by Gasteiger charge is 2.25. The third-order valence-electron chi connectivity index (χ3n) is 2.67. The second kappa shape index (κ2) is 3.55. The summed E-state index contributed by atoms with van der Waals surface area (Å²) in [7, 11) is 0. The van der Waals surface area contributed by atoms with Crippen molar-refractivity contribution in [3.8, 4) is 0 Å². The molecule has 2 atom stereocenters. The van der Waals surface area contributed by atoms with E-state index in [1.165, 1.54) is 6.42 Å². The highest BCUT2D eigenvalue weighted by Crippen LogP contribution is 2.31. The fourth-order valence-corrected chi connectivity index (χ4v) is 2.15. The first-order chi connectivity index (χ1) is 6.27. The van der Waals surface area contributed by atoms with Gasteiger partial charge < -0.3 is 10.7 Å². The number of aromatic amines is 1. The Morgan fingerprint density at radius 3 is 3.00 bits per heavy atom. The highest BCUT2D eigenvalue weighted by molar-refractivity contribution is 7.71. The van der Waals surface area contributed by atoms with Gasteiger partial charge >= 0.3 is 0 Å². The smallest absolute Gasteiger partial charge is 0.196 e. The molecule has 1 aliphatic rings. The zero-order valence-electron chi connectivity index (χ0n) is 7.36. The van der Waals surface area contributed by atoms with Crippen molar-refractivity contribution in [2.75, 3.05) is 0 Å². The van der Waals surface area contributed by atoms with Crippen LogP contribution in [0.2, 0.25) is 0 Å². The second-order valence-electron chi connectivity index (χ2n) is 3.53. The Bertz CT molecular complexity index is 347. The van der Waals surface area contributed by atoms with Crippen LogP contribution >= 0.6 is 12.2 Å². The van der Waals surface area contributed by atoms with Crippen LogP contribution in [-0.4, -0.2) is 16.0 Å². The van der Waals surface area contributed by atoms with Crippen LogP contribution in [0.1, 0.15) is 30.9 Å². The lowest BCUT2D eigenvalue weighted by Crippen LogP contribution is -2.23. The zero-order valence-corrected chi connectivity index (χ0v) is 8.18. The van der Waals surface area contributed by atoms with E-state index in [9.17, 15) is 0 Å². The minimum Gasteiger partial charge on any atom is -0.334 e. The average molecular weight is 195 g/mol. The predicted molar refractivity (Wildman–Crippen MR) is 54.0 cm³/mol. The number of nitrogens with zero attached hydrogens (tertiary/aromatic N) is 1. The standard InChI is InChI=1S/C9H13N3S/c10-7-3-1-2-6(7)8-4-5-11-9(13)12-8/h4-7H,1-3,10H2,(H,11,12,13). The molecule has 0 aromatic carbocycles. The summed E-state index contributed by atoms with van der Waals surface area (Å²) in [4.78, 5) is 7.06. The van der Waals surface area contributed by atoms with Crippen molar-refractivity contribution in [2.24, 2.45) is 5.73 Å². The van der Waals surface area contributed by atoms with Gasteiger partial charge in [-0.05, 0) is 31.1 Å². The fourth-order valence-electron chi connectivity index (χ4n) is 1.97. The molecule has 1 aromatic rings. The number of nitrogens with one attached hydrogen (secondary N) is 1. The monoisotopic (exact) mass is 195 g/mol. The number of aromatic nitrogens is 2. The molecular formula is C9H13N3S. The molecule has 13 heavy (non-hydrogen) atoms. The van der Waals surface area contributed by atoms with Crippen LogP contribution < -0.4 is 5.73 Å². The van der Waals surface area contributed by atoms with E-state index in [1.807, 2.05) is 6.07 Å². The van der Waals surface area contributed by atoms with Crippen LogP contribution in [0.3, 0.4) is 0 Å². The lowest BCUT2D eigenvalue weighted by Gasteiger charge is -2.14. The van der Waals surface area contributed by atoms with Gasteiger partial charge in [0.25, 0.3) is 0 Å². The molecule has 1 aromatic heterocycles. The number of nitrogens with two attached hydrogens (primary N) is 1. The molecule has 70 valence electrons. The molecule has 0 saturated heterocycles. The first-order valence-corrected chi connectivity index (χ1v) is 4.99. The van der Waals surface area contributed by atoms with Crippen molar-refractivity contribution in [1.29, 1.82) is 0 Å². The molecule has 0 aliphatic heterocycles. The molecule has 4 heteroatoms. The van der Waals surface area contributed by atoms with Gasteiger partial charge in [-0.1, -0.05) is 6.42 Å². The number of H-pyrrole nitrogens is 1. The maximum Gasteiger partial charge on any atom is 0.196 e. The molecule has 0 amide bonds. The Hall–Kier alpha value is -0.740. The van der Waals surface area contributed by atoms with Crippen molar-refractivity contribution in [2.45, 2.75) is 31.2 Å². The topological polar surface area (TPSA) is 54.7 Å². The summed E-state index contributed by atoms with van der Waals surface area (Å²) in [6, 6.07) is 2.26. The third kappa shape index (κ3) is 1.78. The molecule has 1 heterocycles. The van der Waals surface area contributed by atoms with Gasteiger partial charge in [0, 0.05) is 23.9 Å². The van der Waals surface area contributed by atoms with Gasteiger partial charge in [0.05, 0.1) is 0 Å². The van der Waals surface area contributed by atoms with Gasteiger partial charge in [-0.25, -0.2) is 4.98 Å². The van der Waals surface area contributed by atoms with E-state index in [2.05, 4.69) is 9.97 Å². The SMILES string of the molecule is NC1CCCC1c1ccnc(=S)[nH]1. The largest absolute Gasteiger partial charge is 0.334 e. The molecular weight excluding hydrogens is 182 g/mol. The van der Waals surface area contributed by atoms with Crippen molar-refractivity contribution < 1.29 is 0 Å². The van der Waals surface area contributed by atoms with Crippen molar-refractivity contribution in [3.63, 3.8) is 0 Å². The van der Waals surface area contributed by atoms with Gasteiger partial charge in [0.2, 0.25) is 0 Å². The summed E-state index contributed by atoms with van der Waals surface area (Å²) in [5.74, 6) is 0.449. The molecule has 2 rings (SSSR count). The van der Waals surface area contributed by atoms with Crippen LogP contribution in [0.25, 0.3) is 0 Å². The molecule has 1 aliphatic carbocycles. The molecule has 1 saturated carbocycles. The molecule has 3 N–H and O–H groups in total. The lowest BCUT2D eigenvalue weighted by atomic mass is 10.0. The maximum absolute atomic E-state index is 5.99. The molecule has 3 nitrogen and oxygen atoms in total. The quantitative estimate of drug-likeness (QED) is 0.671. The number of hydrogen-bond acceptors (Lipinski definition) is 3. The Balaban J connectivity index is 2.29. The van der Waals surface area contributed by atoms with E-state index in [0.717, 1.165) is 18.5 Å². The van der Waals surface area contributed by atoms with Gasteiger partial charge in [-0.15, -0.1) is 0 Å². The molecule has 0 spiro atoms. The molecule has 1 fully saturated rings. The van der Waals surface area contributed by atoms with E-state index in [-0.39, 0.29) is 6.04 Å². The van der Waals surface area contributed by atoms with Gasteiger partial charge in [-0.3, -0.25) is 0 Å². The third-order valence-corrected chi connectivity index (χ3v) is 2.87. The summed E-state index contributed by atoms with van der Waals surface area (Å²) in [5.41, 5.74) is 7.13. The highest BCUT2D eigenvalue weighted by atomic mass is 32.1. The minimum atomic E-state index is 0.285. The fraction of sp³-hybridized carbons (Fsp3) is 0.556. The van der Waals surface area contributed by atoms with Crippen LogP contribution in [-0.2, 0) is 0 Å². The van der Waals surface area contributed by atoms with E-state index in [4.69, 9.17) is 18.0 Å². The summed E-state index contributed by atoms with van der Waals surface area (Å²) in [6.45, 7) is 0. The van der Waals surface area contributed by atoms with Gasteiger partial charge in [0.1, 0.15) is 0 Å². The average Bonchev–Trinajstić information content (AvgIpc) is 2.51. The lowest BCUT2D eigenvalue weighted by molar-refractivity contribution is 0.596. The Kier molecular flexibility index (Phi) is 2.42. The predicted octanol–water partition coefficient (Wildman–Crippen LogP) is 1.73. The second-order valence-corrected chi connectivity index (χ2v) is 3.92. The Morgan fingerprint density at radius 1 is 1.54 bits per heavy atom. The Morgan fingerprint density at radius 2 is 2.38 bits per heavy atom. The van der Waals surface area contributed by atoms with Crippen molar-refractivity contribution in [1.82, 2.24) is 9.97 Å². The van der Waals surface area contributed by atoms with Gasteiger partial charge in [0.15, 0.2) is 4.77 Å². The summed E-state index contributed by atoms with van der Waals surface area (Å²) >= 11 is 4.97. The van der Waals surface area contributed by atoms with E-state index in [1.54, 1.807) is 6.20 Å². The van der Waals surface area contributed by atoms with Crippen LogP contribution in [0.5, 0.6) is 0 Å². The molecule has 0 bridgehead atoms. The van der Waals surface area contributed by atoms with Crippen molar-refractivity contribution in [3.05, 3.63) is 22.7 Å². The molecule has 2 unspecified atom stereocenters. The molecule has 0 radical (unpaired) electrons. The van der Waals surface area contributed by atoms with E-state index in [0.29, 0.717) is 10.7 Å². The summed E-state index contributed by atoms with van der Waals surface area (Å²) in [6.07, 6.45) is 5.25. The van der Waals surface area contributed by atoms with Gasteiger partial charge in [-0.2, -0.15) is 0 Å². The summed E-state index contributed by atoms with van der Waals surface area (Å²) < 4.78 is 0.552. The van der Waals surface area contributed by atoms with E-state index >= 15 is 0 Å².